The molecule has 152 valence electrons. The minimum absolute atomic E-state index is 0.0550. The van der Waals surface area contributed by atoms with Crippen LogP contribution in [0.15, 0.2) is 42.5 Å². The highest BCUT2D eigenvalue weighted by Crippen LogP contribution is 2.30. The van der Waals surface area contributed by atoms with Gasteiger partial charge in [-0.1, -0.05) is 12.1 Å². The molecule has 2 aromatic carbocycles. The van der Waals surface area contributed by atoms with Crippen molar-refractivity contribution in [1.29, 1.82) is 0 Å². The lowest BCUT2D eigenvalue weighted by Crippen LogP contribution is -2.37. The number of nitro benzene ring substituents is 1. The van der Waals surface area contributed by atoms with Crippen molar-refractivity contribution < 1.29 is 19.2 Å². The number of para-hydroxylation sites is 2. The minimum atomic E-state index is -0.547. The van der Waals surface area contributed by atoms with Crippen LogP contribution in [0, 0.1) is 10.1 Å². The number of rotatable bonds is 5. The van der Waals surface area contributed by atoms with Gasteiger partial charge in [-0.05, 0) is 36.5 Å². The highest BCUT2D eigenvalue weighted by molar-refractivity contribution is 7.80. The molecule has 0 atom stereocenters. The molecule has 2 N–H and O–H groups in total. The van der Waals surface area contributed by atoms with Crippen LogP contribution in [-0.2, 0) is 4.74 Å². The van der Waals surface area contributed by atoms with Gasteiger partial charge in [0.25, 0.3) is 11.6 Å². The van der Waals surface area contributed by atoms with Crippen molar-refractivity contribution in [2.45, 2.75) is 0 Å². The molecule has 1 aliphatic rings. The Morgan fingerprint density at radius 1 is 1.24 bits per heavy atom. The first-order chi connectivity index (χ1) is 14.0. The molecule has 10 heteroatoms. The van der Waals surface area contributed by atoms with Gasteiger partial charge < -0.3 is 19.7 Å². The molecule has 3 rings (SSSR count). The number of hydrogen-bond donors (Lipinski definition) is 2. The van der Waals surface area contributed by atoms with E-state index >= 15 is 0 Å². The van der Waals surface area contributed by atoms with Gasteiger partial charge in [0.1, 0.15) is 11.4 Å². The van der Waals surface area contributed by atoms with Gasteiger partial charge in [0.2, 0.25) is 0 Å². The maximum Gasteiger partial charge on any atom is 0.293 e. The van der Waals surface area contributed by atoms with E-state index in [-0.39, 0.29) is 16.4 Å². The van der Waals surface area contributed by atoms with Gasteiger partial charge in [-0.15, -0.1) is 0 Å². The number of thiocarbonyl (C=S) groups is 1. The van der Waals surface area contributed by atoms with Crippen LogP contribution >= 0.6 is 12.2 Å². The molecule has 0 saturated carbocycles. The Balaban J connectivity index is 1.74. The number of nitro groups is 1. The van der Waals surface area contributed by atoms with Gasteiger partial charge in [0.15, 0.2) is 5.11 Å². The highest BCUT2D eigenvalue weighted by Gasteiger charge is 2.23. The van der Waals surface area contributed by atoms with Crippen LogP contribution < -0.4 is 20.3 Å². The van der Waals surface area contributed by atoms with Crippen LogP contribution in [0.3, 0.4) is 0 Å². The summed E-state index contributed by atoms with van der Waals surface area (Å²) in [4.78, 5) is 25.5. The summed E-state index contributed by atoms with van der Waals surface area (Å²) in [5.74, 6) is 0.0172. The Bertz CT molecular complexity index is 931. The monoisotopic (exact) mass is 416 g/mol. The summed E-state index contributed by atoms with van der Waals surface area (Å²) in [6.07, 6.45) is 0. The normalized spacial score (nSPS) is 13.5. The molecule has 1 fully saturated rings. The first-order valence-electron chi connectivity index (χ1n) is 8.86. The SMILES string of the molecule is COc1ccccc1NC(=S)NC(=O)c1ccc(N2CCOCC2)c([N+](=O)[O-])c1. The first-order valence-corrected chi connectivity index (χ1v) is 9.27. The quantitative estimate of drug-likeness (QED) is 0.435. The molecular formula is C19H20N4O5S. The van der Waals surface area contributed by atoms with Crippen molar-refractivity contribution in [1.82, 2.24) is 5.32 Å². The summed E-state index contributed by atoms with van der Waals surface area (Å²) in [5.41, 5.74) is 1.06. The lowest BCUT2D eigenvalue weighted by molar-refractivity contribution is -0.384. The molecular weight excluding hydrogens is 396 g/mol. The minimum Gasteiger partial charge on any atom is -0.495 e. The fourth-order valence-electron chi connectivity index (χ4n) is 2.96. The van der Waals surface area contributed by atoms with Crippen LogP contribution in [0.1, 0.15) is 10.4 Å². The first kappa shape index (κ1) is 20.5. The summed E-state index contributed by atoms with van der Waals surface area (Å²) in [6, 6.07) is 11.5. The average molecular weight is 416 g/mol. The maximum atomic E-state index is 12.5. The van der Waals surface area contributed by atoms with Gasteiger partial charge in [0.05, 0.1) is 30.9 Å². The van der Waals surface area contributed by atoms with Crippen LogP contribution in [0.5, 0.6) is 5.75 Å². The topological polar surface area (TPSA) is 106 Å². The summed E-state index contributed by atoms with van der Waals surface area (Å²) >= 11 is 5.18. The Kier molecular flexibility index (Phi) is 6.57. The molecule has 1 saturated heterocycles. The number of methoxy groups -OCH3 is 1. The zero-order valence-corrected chi connectivity index (χ0v) is 16.5. The van der Waals surface area contributed by atoms with E-state index in [1.165, 1.54) is 13.2 Å². The Morgan fingerprint density at radius 2 is 1.97 bits per heavy atom. The highest BCUT2D eigenvalue weighted by atomic mass is 32.1. The third kappa shape index (κ3) is 4.98. The number of morpholine rings is 1. The number of amides is 1. The van der Waals surface area contributed by atoms with Crippen LogP contribution in [0.2, 0.25) is 0 Å². The number of nitrogens with zero attached hydrogens (tertiary/aromatic N) is 2. The predicted octanol–water partition coefficient (Wildman–Crippen LogP) is 2.57. The van der Waals surface area contributed by atoms with Crippen LogP contribution in [0.4, 0.5) is 17.1 Å². The number of carbonyl (C=O) groups excluding carboxylic acids is 1. The second-order valence-corrected chi connectivity index (χ2v) is 6.58. The van der Waals surface area contributed by atoms with Crippen molar-refractivity contribution in [3.05, 3.63) is 58.1 Å². The molecule has 29 heavy (non-hydrogen) atoms. The molecule has 2 aromatic rings. The summed E-state index contributed by atoms with van der Waals surface area (Å²) in [5, 5.41) is 17.0. The largest absolute Gasteiger partial charge is 0.495 e. The van der Waals surface area contributed by atoms with Crippen molar-refractivity contribution in [3.63, 3.8) is 0 Å². The van der Waals surface area contributed by atoms with E-state index in [2.05, 4.69) is 10.6 Å². The van der Waals surface area contributed by atoms with E-state index in [0.29, 0.717) is 43.4 Å². The van der Waals surface area contributed by atoms with Gasteiger partial charge >= 0.3 is 0 Å². The molecule has 0 radical (unpaired) electrons. The zero-order valence-electron chi connectivity index (χ0n) is 15.7. The van der Waals surface area contributed by atoms with E-state index in [1.807, 2.05) is 4.90 Å². The van der Waals surface area contributed by atoms with Crippen LogP contribution in [-0.4, -0.2) is 49.4 Å². The fourth-order valence-corrected chi connectivity index (χ4v) is 3.16. The summed E-state index contributed by atoms with van der Waals surface area (Å²) in [7, 11) is 1.53. The summed E-state index contributed by atoms with van der Waals surface area (Å²) in [6.45, 7) is 2.11. The van der Waals surface area contributed by atoms with E-state index < -0.39 is 10.8 Å². The predicted molar refractivity (Wildman–Crippen MR) is 113 cm³/mol. The van der Waals surface area contributed by atoms with E-state index in [4.69, 9.17) is 21.7 Å². The molecule has 0 spiro atoms. The lowest BCUT2D eigenvalue weighted by Gasteiger charge is -2.28. The molecule has 0 aromatic heterocycles. The van der Waals surface area contributed by atoms with Gasteiger partial charge in [-0.3, -0.25) is 20.2 Å². The Morgan fingerprint density at radius 3 is 2.66 bits per heavy atom. The second-order valence-electron chi connectivity index (χ2n) is 6.17. The van der Waals surface area contributed by atoms with E-state index in [0.717, 1.165) is 0 Å². The number of nitrogens with one attached hydrogen (secondary N) is 2. The zero-order chi connectivity index (χ0) is 20.8. The molecule has 9 nitrogen and oxygen atoms in total. The van der Waals surface area contributed by atoms with E-state index in [1.54, 1.807) is 36.4 Å². The van der Waals surface area contributed by atoms with Crippen molar-refractivity contribution >= 4 is 40.3 Å². The average Bonchev–Trinajstić information content (AvgIpc) is 2.74. The number of benzene rings is 2. The molecule has 1 aliphatic heterocycles. The maximum absolute atomic E-state index is 12.5. The standard InChI is InChI=1S/C19H20N4O5S/c1-27-17-5-3-2-4-14(17)20-19(29)21-18(24)13-6-7-15(16(12-13)23(25)26)22-8-10-28-11-9-22/h2-7,12H,8-11H2,1H3,(H2,20,21,24,29). The van der Waals surface area contributed by atoms with Gasteiger partial charge in [-0.25, -0.2) is 0 Å². The number of anilines is 2. The molecule has 0 aliphatic carbocycles. The number of hydrogen-bond acceptors (Lipinski definition) is 7. The van der Waals surface area contributed by atoms with Crippen molar-refractivity contribution in [3.8, 4) is 5.75 Å². The van der Waals surface area contributed by atoms with Gasteiger partial charge in [-0.2, -0.15) is 0 Å². The number of carbonyl (C=O) groups is 1. The lowest BCUT2D eigenvalue weighted by atomic mass is 10.1. The fraction of sp³-hybridized carbons (Fsp3) is 0.263. The molecule has 1 amide bonds. The van der Waals surface area contributed by atoms with Crippen molar-refractivity contribution in [2.24, 2.45) is 0 Å². The number of ether oxygens (including phenoxy) is 2. The van der Waals surface area contributed by atoms with Crippen molar-refractivity contribution in [2.75, 3.05) is 43.6 Å². The third-order valence-electron chi connectivity index (χ3n) is 4.37. The Hall–Kier alpha value is -3.24. The smallest absolute Gasteiger partial charge is 0.293 e. The molecule has 0 bridgehead atoms. The second kappa shape index (κ2) is 9.30. The van der Waals surface area contributed by atoms with Gasteiger partial charge in [0, 0.05) is 24.7 Å². The Labute approximate surface area is 172 Å². The molecule has 0 unspecified atom stereocenters. The van der Waals surface area contributed by atoms with Crippen LogP contribution in [0.25, 0.3) is 0 Å². The van der Waals surface area contributed by atoms with E-state index in [9.17, 15) is 14.9 Å². The molecule has 1 heterocycles. The third-order valence-corrected chi connectivity index (χ3v) is 4.57. The summed E-state index contributed by atoms with van der Waals surface area (Å²) < 4.78 is 10.5.